The molecule has 0 amide bonds. The summed E-state index contributed by atoms with van der Waals surface area (Å²) in [4.78, 5) is 20.3. The number of nitrogens with one attached hydrogen (secondary N) is 1. The molecule has 104 valence electrons. The van der Waals surface area contributed by atoms with Gasteiger partial charge in [0.15, 0.2) is 0 Å². The van der Waals surface area contributed by atoms with E-state index in [1.54, 1.807) is 0 Å². The number of aromatic nitrogens is 2. The largest absolute Gasteiger partial charge is 0.341 e. The van der Waals surface area contributed by atoms with Crippen LogP contribution in [0.1, 0.15) is 19.3 Å². The quantitative estimate of drug-likeness (QED) is 0.636. The van der Waals surface area contributed by atoms with Gasteiger partial charge in [0, 0.05) is 13.1 Å². The zero-order chi connectivity index (χ0) is 13.7. The average molecular weight is 265 g/mol. The molecule has 1 aromatic rings. The molecule has 1 fully saturated rings. The highest BCUT2D eigenvalue weighted by Gasteiger charge is 2.21. The number of nitro groups is 1. The Hall–Kier alpha value is -1.76. The van der Waals surface area contributed by atoms with E-state index in [2.05, 4.69) is 20.2 Å². The Morgan fingerprint density at radius 2 is 2.05 bits per heavy atom. The van der Waals surface area contributed by atoms with Crippen LogP contribution in [0.25, 0.3) is 0 Å². The zero-order valence-corrected chi connectivity index (χ0v) is 11.1. The Labute approximate surface area is 112 Å². The lowest BCUT2D eigenvalue weighted by Gasteiger charge is -2.31. The summed E-state index contributed by atoms with van der Waals surface area (Å²) in [5, 5.41) is 13.7. The second-order valence-corrected chi connectivity index (χ2v) is 4.82. The standard InChI is InChI=1S/C12H19N5O2/c1-13-5-2-10-3-6-16(7-4-10)12-14-8-11(9-15-12)17(18)19/h8-10,13H,2-7H2,1H3. The summed E-state index contributed by atoms with van der Waals surface area (Å²) in [7, 11) is 1.97. The molecule has 0 aliphatic carbocycles. The molecule has 1 aliphatic heterocycles. The molecule has 0 spiro atoms. The van der Waals surface area contributed by atoms with Crippen molar-refractivity contribution in [2.45, 2.75) is 19.3 Å². The first-order valence-electron chi connectivity index (χ1n) is 6.56. The van der Waals surface area contributed by atoms with Crippen LogP contribution >= 0.6 is 0 Å². The maximum atomic E-state index is 10.5. The fraction of sp³-hybridized carbons (Fsp3) is 0.667. The first-order valence-corrected chi connectivity index (χ1v) is 6.56. The molecule has 0 bridgehead atoms. The van der Waals surface area contributed by atoms with Gasteiger partial charge >= 0.3 is 5.69 Å². The van der Waals surface area contributed by atoms with Crippen molar-refractivity contribution in [3.05, 3.63) is 22.5 Å². The summed E-state index contributed by atoms with van der Waals surface area (Å²) in [5.74, 6) is 1.35. The number of rotatable bonds is 5. The van der Waals surface area contributed by atoms with E-state index in [-0.39, 0.29) is 5.69 Å². The van der Waals surface area contributed by atoms with Crippen molar-refractivity contribution >= 4 is 11.6 Å². The van der Waals surface area contributed by atoms with Crippen molar-refractivity contribution in [1.82, 2.24) is 15.3 Å². The SMILES string of the molecule is CNCCC1CCN(c2ncc([N+](=O)[O-])cn2)CC1. The molecule has 0 aromatic carbocycles. The van der Waals surface area contributed by atoms with Crippen LogP contribution in [-0.4, -0.2) is 41.6 Å². The summed E-state index contributed by atoms with van der Waals surface area (Å²) in [5.41, 5.74) is -0.0624. The van der Waals surface area contributed by atoms with Crippen LogP contribution in [0.15, 0.2) is 12.4 Å². The summed E-state index contributed by atoms with van der Waals surface area (Å²) in [6, 6.07) is 0. The van der Waals surface area contributed by atoms with Crippen LogP contribution in [0.2, 0.25) is 0 Å². The molecule has 7 heteroatoms. The third-order valence-corrected chi connectivity index (χ3v) is 3.54. The number of hydrogen-bond donors (Lipinski definition) is 1. The smallest absolute Gasteiger partial charge is 0.305 e. The van der Waals surface area contributed by atoms with E-state index in [4.69, 9.17) is 0 Å². The number of hydrogen-bond acceptors (Lipinski definition) is 6. The molecular weight excluding hydrogens is 246 g/mol. The highest BCUT2D eigenvalue weighted by molar-refractivity contribution is 5.34. The summed E-state index contributed by atoms with van der Waals surface area (Å²) >= 11 is 0. The predicted molar refractivity (Wildman–Crippen MR) is 72.2 cm³/mol. The Kier molecular flexibility index (Phi) is 4.62. The molecule has 0 saturated carbocycles. The second kappa shape index (κ2) is 6.42. The van der Waals surface area contributed by atoms with E-state index in [0.717, 1.165) is 38.4 Å². The van der Waals surface area contributed by atoms with Crippen LogP contribution in [-0.2, 0) is 0 Å². The van der Waals surface area contributed by atoms with Crippen LogP contribution in [0, 0.1) is 16.0 Å². The number of nitrogens with zero attached hydrogens (tertiary/aromatic N) is 4. The van der Waals surface area contributed by atoms with Gasteiger partial charge in [-0.1, -0.05) is 0 Å². The van der Waals surface area contributed by atoms with Crippen molar-refractivity contribution < 1.29 is 4.92 Å². The molecule has 2 rings (SSSR count). The number of anilines is 1. The van der Waals surface area contributed by atoms with Crippen molar-refractivity contribution in [2.24, 2.45) is 5.92 Å². The molecular formula is C12H19N5O2. The fourth-order valence-corrected chi connectivity index (χ4v) is 2.34. The van der Waals surface area contributed by atoms with Gasteiger partial charge in [0.25, 0.3) is 0 Å². The van der Waals surface area contributed by atoms with Gasteiger partial charge in [-0.25, -0.2) is 9.97 Å². The van der Waals surface area contributed by atoms with Gasteiger partial charge in [0.1, 0.15) is 12.4 Å². The maximum absolute atomic E-state index is 10.5. The minimum absolute atomic E-state index is 0.0624. The topological polar surface area (TPSA) is 84.2 Å². The molecule has 1 N–H and O–H groups in total. The summed E-state index contributed by atoms with van der Waals surface area (Å²) < 4.78 is 0. The number of piperidine rings is 1. The van der Waals surface area contributed by atoms with Gasteiger partial charge in [0.05, 0.1) is 4.92 Å². The van der Waals surface area contributed by atoms with Gasteiger partial charge in [0.2, 0.25) is 5.95 Å². The summed E-state index contributed by atoms with van der Waals surface area (Å²) in [6.07, 6.45) is 6.00. The monoisotopic (exact) mass is 265 g/mol. The molecule has 1 aliphatic rings. The van der Waals surface area contributed by atoms with Crippen molar-refractivity contribution in [1.29, 1.82) is 0 Å². The molecule has 0 atom stereocenters. The Balaban J connectivity index is 1.88. The molecule has 0 unspecified atom stereocenters. The lowest BCUT2D eigenvalue weighted by atomic mass is 9.94. The molecule has 1 saturated heterocycles. The Morgan fingerprint density at radius 1 is 1.42 bits per heavy atom. The molecule has 7 nitrogen and oxygen atoms in total. The van der Waals surface area contributed by atoms with Crippen LogP contribution < -0.4 is 10.2 Å². The van der Waals surface area contributed by atoms with E-state index in [0.29, 0.717) is 5.95 Å². The second-order valence-electron chi connectivity index (χ2n) is 4.82. The van der Waals surface area contributed by atoms with E-state index < -0.39 is 4.92 Å². The van der Waals surface area contributed by atoms with Crippen LogP contribution in [0.5, 0.6) is 0 Å². The van der Waals surface area contributed by atoms with Crippen molar-refractivity contribution in [2.75, 3.05) is 31.6 Å². The lowest BCUT2D eigenvalue weighted by molar-refractivity contribution is -0.385. The molecule has 2 heterocycles. The third kappa shape index (κ3) is 3.60. The highest BCUT2D eigenvalue weighted by Crippen LogP contribution is 2.23. The van der Waals surface area contributed by atoms with E-state index >= 15 is 0 Å². The van der Waals surface area contributed by atoms with Gasteiger partial charge in [-0.2, -0.15) is 0 Å². The summed E-state index contributed by atoms with van der Waals surface area (Å²) in [6.45, 7) is 2.90. The lowest BCUT2D eigenvalue weighted by Crippen LogP contribution is -2.35. The van der Waals surface area contributed by atoms with Gasteiger partial charge < -0.3 is 10.2 Å². The van der Waals surface area contributed by atoms with Gasteiger partial charge in [-0.3, -0.25) is 10.1 Å². The van der Waals surface area contributed by atoms with E-state index in [1.807, 2.05) is 7.05 Å². The van der Waals surface area contributed by atoms with Crippen LogP contribution in [0.3, 0.4) is 0 Å². The zero-order valence-electron chi connectivity index (χ0n) is 11.1. The van der Waals surface area contributed by atoms with Gasteiger partial charge in [-0.15, -0.1) is 0 Å². The maximum Gasteiger partial charge on any atom is 0.305 e. The Morgan fingerprint density at radius 3 is 2.58 bits per heavy atom. The average Bonchev–Trinajstić information content (AvgIpc) is 2.46. The fourth-order valence-electron chi connectivity index (χ4n) is 2.34. The van der Waals surface area contributed by atoms with Crippen molar-refractivity contribution in [3.8, 4) is 0 Å². The first-order chi connectivity index (χ1) is 9.20. The minimum Gasteiger partial charge on any atom is -0.341 e. The van der Waals surface area contributed by atoms with Gasteiger partial charge in [-0.05, 0) is 38.8 Å². The third-order valence-electron chi connectivity index (χ3n) is 3.54. The van der Waals surface area contributed by atoms with Crippen LogP contribution in [0.4, 0.5) is 11.6 Å². The van der Waals surface area contributed by atoms with Crippen molar-refractivity contribution in [3.63, 3.8) is 0 Å². The Bertz CT molecular complexity index is 415. The van der Waals surface area contributed by atoms with E-state index in [9.17, 15) is 10.1 Å². The molecule has 0 radical (unpaired) electrons. The minimum atomic E-state index is -0.478. The van der Waals surface area contributed by atoms with E-state index in [1.165, 1.54) is 18.8 Å². The normalized spacial score (nSPS) is 16.6. The highest BCUT2D eigenvalue weighted by atomic mass is 16.6. The first kappa shape index (κ1) is 13.7. The molecule has 19 heavy (non-hydrogen) atoms. The molecule has 1 aromatic heterocycles. The predicted octanol–water partition coefficient (Wildman–Crippen LogP) is 1.21.